The molecule has 1 heterocycles. The van der Waals surface area contributed by atoms with E-state index < -0.39 is 5.79 Å². The molecule has 0 radical (unpaired) electrons. The Balaban J connectivity index is 1.98. The van der Waals surface area contributed by atoms with E-state index in [0.717, 1.165) is 5.56 Å². The van der Waals surface area contributed by atoms with Crippen molar-refractivity contribution in [2.24, 2.45) is 5.41 Å². The van der Waals surface area contributed by atoms with Gasteiger partial charge in [-0.25, -0.2) is 0 Å². The molecule has 1 unspecified atom stereocenters. The Kier molecular flexibility index (Phi) is 5.38. The summed E-state index contributed by atoms with van der Waals surface area (Å²) in [5.41, 5.74) is 0.823. The van der Waals surface area contributed by atoms with Gasteiger partial charge in [-0.15, -0.1) is 0 Å². The minimum atomic E-state index is -0.532. The lowest BCUT2D eigenvalue weighted by atomic mass is 9.90. The van der Waals surface area contributed by atoms with Crippen molar-refractivity contribution in [2.45, 2.75) is 46.4 Å². The zero-order chi connectivity index (χ0) is 15.3. The number of benzene rings is 1. The minimum Gasteiger partial charge on any atom is -0.352 e. The van der Waals surface area contributed by atoms with Gasteiger partial charge in [0.15, 0.2) is 12.1 Å². The highest BCUT2D eigenvalue weighted by Gasteiger charge is 2.43. The fourth-order valence-corrected chi connectivity index (χ4v) is 2.24. The standard InChI is InChI=1S/C17H26O4/c1-5-18-15(19-11-14-9-7-6-8-10-14)17(4)12-20-16(2,3)21-13-17/h6-10,15H,5,11-13H2,1-4H3. The van der Waals surface area contributed by atoms with Crippen LogP contribution in [-0.4, -0.2) is 31.9 Å². The summed E-state index contributed by atoms with van der Waals surface area (Å²) < 4.78 is 23.3. The molecule has 0 aromatic heterocycles. The Morgan fingerprint density at radius 1 is 1.05 bits per heavy atom. The molecule has 0 aliphatic carbocycles. The summed E-state index contributed by atoms with van der Waals surface area (Å²) in [6.45, 7) is 10.1. The molecule has 0 amide bonds. The molecule has 4 heteroatoms. The van der Waals surface area contributed by atoms with Crippen molar-refractivity contribution < 1.29 is 18.9 Å². The predicted octanol–water partition coefficient (Wildman–Crippen LogP) is 3.36. The third kappa shape index (κ3) is 4.51. The molecule has 1 aliphatic heterocycles. The van der Waals surface area contributed by atoms with Crippen LogP contribution in [0.4, 0.5) is 0 Å². The summed E-state index contributed by atoms with van der Waals surface area (Å²) in [5, 5.41) is 0. The van der Waals surface area contributed by atoms with E-state index in [1.165, 1.54) is 0 Å². The molecule has 1 aromatic carbocycles. The number of hydrogen-bond donors (Lipinski definition) is 0. The van der Waals surface area contributed by atoms with Crippen molar-refractivity contribution in [1.82, 2.24) is 0 Å². The third-order valence-electron chi connectivity index (χ3n) is 3.63. The lowest BCUT2D eigenvalue weighted by molar-refractivity contribution is -0.328. The first-order valence-electron chi connectivity index (χ1n) is 7.50. The van der Waals surface area contributed by atoms with Crippen LogP contribution in [0.5, 0.6) is 0 Å². The maximum Gasteiger partial charge on any atom is 0.167 e. The van der Waals surface area contributed by atoms with Gasteiger partial charge < -0.3 is 18.9 Å². The highest BCUT2D eigenvalue weighted by molar-refractivity contribution is 5.13. The van der Waals surface area contributed by atoms with Gasteiger partial charge in [-0.3, -0.25) is 0 Å². The zero-order valence-corrected chi connectivity index (χ0v) is 13.4. The van der Waals surface area contributed by atoms with Gasteiger partial charge in [0, 0.05) is 6.61 Å². The minimum absolute atomic E-state index is 0.305. The SMILES string of the molecule is CCOC(OCc1ccccc1)C1(C)COC(C)(C)OC1. The zero-order valence-electron chi connectivity index (χ0n) is 13.4. The van der Waals surface area contributed by atoms with E-state index in [2.05, 4.69) is 6.92 Å². The molecule has 0 bridgehead atoms. The van der Waals surface area contributed by atoms with Crippen molar-refractivity contribution in [3.05, 3.63) is 35.9 Å². The van der Waals surface area contributed by atoms with Gasteiger partial charge in [-0.1, -0.05) is 37.3 Å². The summed E-state index contributed by atoms with van der Waals surface area (Å²) in [5.74, 6) is -0.532. The largest absolute Gasteiger partial charge is 0.352 e. The molecular weight excluding hydrogens is 268 g/mol. The van der Waals surface area contributed by atoms with Crippen LogP contribution in [0.15, 0.2) is 30.3 Å². The number of hydrogen-bond acceptors (Lipinski definition) is 4. The van der Waals surface area contributed by atoms with Crippen LogP contribution in [0.25, 0.3) is 0 Å². The second kappa shape index (κ2) is 6.88. The van der Waals surface area contributed by atoms with Gasteiger partial charge in [0.1, 0.15) is 0 Å². The van der Waals surface area contributed by atoms with E-state index >= 15 is 0 Å². The number of ether oxygens (including phenoxy) is 4. The van der Waals surface area contributed by atoms with Crippen LogP contribution in [-0.2, 0) is 25.6 Å². The summed E-state index contributed by atoms with van der Waals surface area (Å²) in [4.78, 5) is 0. The van der Waals surface area contributed by atoms with Crippen LogP contribution in [0.3, 0.4) is 0 Å². The van der Waals surface area contributed by atoms with Crippen LogP contribution < -0.4 is 0 Å². The summed E-state index contributed by atoms with van der Waals surface area (Å²) in [6.07, 6.45) is -0.348. The first-order chi connectivity index (χ1) is 9.95. The molecule has 1 atom stereocenters. The summed E-state index contributed by atoms with van der Waals surface area (Å²) in [7, 11) is 0. The van der Waals surface area contributed by atoms with Gasteiger partial charge in [0.05, 0.1) is 25.2 Å². The van der Waals surface area contributed by atoms with E-state index in [9.17, 15) is 0 Å². The maximum atomic E-state index is 6.00. The van der Waals surface area contributed by atoms with Gasteiger partial charge in [0.25, 0.3) is 0 Å². The van der Waals surface area contributed by atoms with E-state index in [-0.39, 0.29) is 11.7 Å². The van der Waals surface area contributed by atoms with Crippen molar-refractivity contribution in [3.8, 4) is 0 Å². The normalized spacial score (nSPS) is 21.9. The van der Waals surface area contributed by atoms with Crippen LogP contribution in [0.2, 0.25) is 0 Å². The van der Waals surface area contributed by atoms with Crippen LogP contribution >= 0.6 is 0 Å². The van der Waals surface area contributed by atoms with Gasteiger partial charge in [-0.05, 0) is 26.3 Å². The van der Waals surface area contributed by atoms with E-state index in [1.807, 2.05) is 51.1 Å². The number of rotatable bonds is 6. The van der Waals surface area contributed by atoms with Crippen molar-refractivity contribution in [3.63, 3.8) is 0 Å². The molecule has 21 heavy (non-hydrogen) atoms. The molecule has 0 spiro atoms. The van der Waals surface area contributed by atoms with Crippen molar-refractivity contribution >= 4 is 0 Å². The smallest absolute Gasteiger partial charge is 0.167 e. The predicted molar refractivity (Wildman–Crippen MR) is 80.7 cm³/mol. The lowest BCUT2D eigenvalue weighted by Crippen LogP contribution is -2.52. The molecule has 1 aromatic rings. The van der Waals surface area contributed by atoms with Gasteiger partial charge >= 0.3 is 0 Å². The Morgan fingerprint density at radius 2 is 1.67 bits per heavy atom. The average Bonchev–Trinajstić information content (AvgIpc) is 2.48. The molecule has 1 saturated heterocycles. The lowest BCUT2D eigenvalue weighted by Gasteiger charge is -2.44. The summed E-state index contributed by atoms with van der Waals surface area (Å²) in [6, 6.07) is 10.1. The molecular formula is C17H26O4. The molecule has 0 N–H and O–H groups in total. The second-order valence-corrected chi connectivity index (χ2v) is 6.22. The first-order valence-corrected chi connectivity index (χ1v) is 7.50. The molecule has 1 aliphatic rings. The monoisotopic (exact) mass is 294 g/mol. The average molecular weight is 294 g/mol. The fourth-order valence-electron chi connectivity index (χ4n) is 2.24. The molecule has 1 fully saturated rings. The summed E-state index contributed by atoms with van der Waals surface area (Å²) >= 11 is 0. The van der Waals surface area contributed by atoms with E-state index in [1.54, 1.807) is 0 Å². The van der Waals surface area contributed by atoms with Gasteiger partial charge in [0.2, 0.25) is 0 Å². The Bertz CT molecular complexity index is 420. The second-order valence-electron chi connectivity index (χ2n) is 6.22. The van der Waals surface area contributed by atoms with Crippen LogP contribution in [0, 0.1) is 5.41 Å². The van der Waals surface area contributed by atoms with Crippen LogP contribution in [0.1, 0.15) is 33.3 Å². The third-order valence-corrected chi connectivity index (χ3v) is 3.63. The Hall–Kier alpha value is -0.940. The Morgan fingerprint density at radius 3 is 2.24 bits per heavy atom. The highest BCUT2D eigenvalue weighted by Crippen LogP contribution is 2.34. The fraction of sp³-hybridized carbons (Fsp3) is 0.647. The highest BCUT2D eigenvalue weighted by atomic mass is 16.7. The quantitative estimate of drug-likeness (QED) is 0.754. The van der Waals surface area contributed by atoms with Crippen molar-refractivity contribution in [2.75, 3.05) is 19.8 Å². The molecule has 118 valence electrons. The van der Waals surface area contributed by atoms with Crippen molar-refractivity contribution in [1.29, 1.82) is 0 Å². The van der Waals surface area contributed by atoms with Gasteiger partial charge in [-0.2, -0.15) is 0 Å². The molecule has 0 saturated carbocycles. The van der Waals surface area contributed by atoms with E-state index in [0.29, 0.717) is 26.4 Å². The molecule has 2 rings (SSSR count). The maximum absolute atomic E-state index is 6.00. The first kappa shape index (κ1) is 16.4. The Labute approximate surface area is 127 Å². The topological polar surface area (TPSA) is 36.9 Å². The molecule has 4 nitrogen and oxygen atoms in total. The van der Waals surface area contributed by atoms with E-state index in [4.69, 9.17) is 18.9 Å².